The van der Waals surface area contributed by atoms with Gasteiger partial charge in [0.15, 0.2) is 6.10 Å². The highest BCUT2D eigenvalue weighted by atomic mass is 16.6. The minimum absolute atomic E-state index is 0.0908. The van der Waals surface area contributed by atoms with Crippen LogP contribution in [0.25, 0.3) is 0 Å². The standard InChI is InChI=1S/C72H122O6/c1-4-7-10-13-16-19-22-25-28-31-34-36-38-41-44-47-50-53-56-59-62-65-71(74)77-68-69(67-76-70(73)64-61-58-55-52-49-46-43-40-33-30-27-24-21-18-15-12-9-6-3)78-72(75)66-63-60-57-54-51-48-45-42-39-37-35-32-29-26-23-20-17-14-11-8-5-2/h7,10,16,19,21,23-26,28,30,32-36,39,42,69H,4-6,8-9,11-15,17-18,20,22,27,29,31,37-38,40-41,43-68H2,1-3H3/b10-7-,19-16-,24-21-,26-23-,28-25-,33-30-,35-32-,36-34-,42-39-. The molecule has 0 saturated carbocycles. The average Bonchev–Trinajstić information content (AvgIpc) is 3.44. The van der Waals surface area contributed by atoms with E-state index in [1.54, 1.807) is 0 Å². The lowest BCUT2D eigenvalue weighted by atomic mass is 10.1. The van der Waals surface area contributed by atoms with Gasteiger partial charge in [-0.25, -0.2) is 0 Å². The Morgan fingerprint density at radius 3 is 0.795 bits per heavy atom. The first-order valence-electron chi connectivity index (χ1n) is 32.9. The minimum Gasteiger partial charge on any atom is -0.462 e. The largest absolute Gasteiger partial charge is 0.462 e. The Balaban J connectivity index is 4.45. The van der Waals surface area contributed by atoms with Gasteiger partial charge in [-0.2, -0.15) is 0 Å². The first kappa shape index (κ1) is 74.1. The Kier molecular flexibility index (Phi) is 62.3. The predicted molar refractivity (Wildman–Crippen MR) is 339 cm³/mol. The SMILES string of the molecule is CC/C=C\C/C=C\C/C=C\C/C=C\CCCCCCCCCCC(=O)OCC(COC(=O)CCCCCCCCC/C=C\C/C=C\CCCCCC)OC(=O)CCCCCCCC/C=C\C/C=C\C/C=C\CCCCCCC. The van der Waals surface area contributed by atoms with E-state index in [4.69, 9.17) is 14.2 Å². The summed E-state index contributed by atoms with van der Waals surface area (Å²) in [6.45, 7) is 6.50. The molecule has 0 aliphatic carbocycles. The Hall–Kier alpha value is -3.93. The summed E-state index contributed by atoms with van der Waals surface area (Å²) in [6, 6.07) is 0. The summed E-state index contributed by atoms with van der Waals surface area (Å²) in [5.74, 6) is -0.910. The van der Waals surface area contributed by atoms with Crippen molar-refractivity contribution in [1.82, 2.24) is 0 Å². The fraction of sp³-hybridized carbons (Fsp3) is 0.708. The molecule has 0 fully saturated rings. The zero-order valence-electron chi connectivity index (χ0n) is 51.2. The summed E-state index contributed by atoms with van der Waals surface area (Å²) in [6.07, 6.45) is 89.4. The molecule has 1 unspecified atom stereocenters. The Morgan fingerprint density at radius 1 is 0.269 bits per heavy atom. The van der Waals surface area contributed by atoms with Gasteiger partial charge in [-0.3, -0.25) is 14.4 Å². The zero-order chi connectivity index (χ0) is 56.4. The van der Waals surface area contributed by atoms with Gasteiger partial charge in [0.1, 0.15) is 13.2 Å². The molecular formula is C72H122O6. The van der Waals surface area contributed by atoms with Crippen molar-refractivity contribution in [1.29, 1.82) is 0 Å². The topological polar surface area (TPSA) is 78.9 Å². The number of hydrogen-bond acceptors (Lipinski definition) is 6. The molecule has 6 heteroatoms. The molecule has 0 aromatic rings. The summed E-state index contributed by atoms with van der Waals surface area (Å²) in [4.78, 5) is 38.4. The van der Waals surface area contributed by atoms with Crippen LogP contribution in [0.15, 0.2) is 109 Å². The number of unbranched alkanes of at least 4 members (excludes halogenated alkanes) is 30. The number of esters is 3. The number of carbonyl (C=O) groups is 3. The summed E-state index contributed by atoms with van der Waals surface area (Å²) in [7, 11) is 0. The quantitative estimate of drug-likeness (QED) is 0.0261. The lowest BCUT2D eigenvalue weighted by Crippen LogP contribution is -2.30. The van der Waals surface area contributed by atoms with E-state index in [-0.39, 0.29) is 31.1 Å². The lowest BCUT2D eigenvalue weighted by molar-refractivity contribution is -0.167. The summed E-state index contributed by atoms with van der Waals surface area (Å²) >= 11 is 0. The van der Waals surface area contributed by atoms with Crippen LogP contribution in [0.5, 0.6) is 0 Å². The minimum atomic E-state index is -0.796. The van der Waals surface area contributed by atoms with E-state index >= 15 is 0 Å². The van der Waals surface area contributed by atoms with E-state index in [0.717, 1.165) is 128 Å². The molecule has 0 aromatic heterocycles. The average molecular weight is 1080 g/mol. The van der Waals surface area contributed by atoms with Gasteiger partial charge in [0.25, 0.3) is 0 Å². The van der Waals surface area contributed by atoms with E-state index in [2.05, 4.69) is 130 Å². The van der Waals surface area contributed by atoms with Gasteiger partial charge in [-0.15, -0.1) is 0 Å². The highest BCUT2D eigenvalue weighted by Gasteiger charge is 2.19. The molecule has 0 aliphatic heterocycles. The van der Waals surface area contributed by atoms with E-state index in [9.17, 15) is 14.4 Å². The van der Waals surface area contributed by atoms with Gasteiger partial charge in [0, 0.05) is 19.3 Å². The van der Waals surface area contributed by atoms with Gasteiger partial charge < -0.3 is 14.2 Å². The first-order valence-corrected chi connectivity index (χ1v) is 32.9. The highest BCUT2D eigenvalue weighted by molar-refractivity contribution is 5.71. The zero-order valence-corrected chi connectivity index (χ0v) is 51.2. The molecule has 1 atom stereocenters. The highest BCUT2D eigenvalue weighted by Crippen LogP contribution is 2.15. The molecular weight excluding hydrogens is 961 g/mol. The van der Waals surface area contributed by atoms with Gasteiger partial charge in [0.2, 0.25) is 0 Å². The molecule has 0 radical (unpaired) electrons. The molecule has 0 amide bonds. The van der Waals surface area contributed by atoms with Crippen LogP contribution in [-0.4, -0.2) is 37.2 Å². The maximum Gasteiger partial charge on any atom is 0.306 e. The molecule has 446 valence electrons. The number of hydrogen-bond donors (Lipinski definition) is 0. The third kappa shape index (κ3) is 62.9. The van der Waals surface area contributed by atoms with Crippen molar-refractivity contribution in [3.63, 3.8) is 0 Å². The van der Waals surface area contributed by atoms with Gasteiger partial charge in [0.05, 0.1) is 0 Å². The Labute approximate surface area is 482 Å². The van der Waals surface area contributed by atoms with E-state index in [1.165, 1.54) is 141 Å². The third-order valence-corrected chi connectivity index (χ3v) is 14.0. The van der Waals surface area contributed by atoms with Crippen LogP contribution >= 0.6 is 0 Å². The molecule has 0 aromatic carbocycles. The van der Waals surface area contributed by atoms with Crippen molar-refractivity contribution in [2.75, 3.05) is 13.2 Å². The maximum absolute atomic E-state index is 12.9. The number of ether oxygens (including phenoxy) is 3. The maximum atomic E-state index is 12.9. The van der Waals surface area contributed by atoms with Crippen molar-refractivity contribution in [2.45, 2.75) is 316 Å². The van der Waals surface area contributed by atoms with Crippen molar-refractivity contribution in [3.05, 3.63) is 109 Å². The van der Waals surface area contributed by atoms with Crippen LogP contribution in [-0.2, 0) is 28.6 Å². The Morgan fingerprint density at radius 2 is 0.500 bits per heavy atom. The van der Waals surface area contributed by atoms with Crippen molar-refractivity contribution in [3.8, 4) is 0 Å². The van der Waals surface area contributed by atoms with Gasteiger partial charge in [-0.1, -0.05) is 271 Å². The fourth-order valence-electron chi connectivity index (χ4n) is 9.06. The molecule has 0 rings (SSSR count). The van der Waals surface area contributed by atoms with E-state index < -0.39 is 6.10 Å². The van der Waals surface area contributed by atoms with Crippen LogP contribution in [0.3, 0.4) is 0 Å². The molecule has 0 spiro atoms. The van der Waals surface area contributed by atoms with E-state index in [0.29, 0.717) is 19.3 Å². The van der Waals surface area contributed by atoms with Crippen LogP contribution in [0, 0.1) is 0 Å². The first-order chi connectivity index (χ1) is 38.5. The fourth-order valence-corrected chi connectivity index (χ4v) is 9.06. The Bertz CT molecular complexity index is 1570. The van der Waals surface area contributed by atoms with Crippen molar-refractivity contribution < 1.29 is 28.6 Å². The smallest absolute Gasteiger partial charge is 0.306 e. The van der Waals surface area contributed by atoms with Crippen LogP contribution in [0.2, 0.25) is 0 Å². The monoisotopic (exact) mass is 1080 g/mol. The summed E-state index contributed by atoms with van der Waals surface area (Å²) in [5.41, 5.74) is 0. The second-order valence-corrected chi connectivity index (χ2v) is 21.6. The summed E-state index contributed by atoms with van der Waals surface area (Å²) in [5, 5.41) is 0. The lowest BCUT2D eigenvalue weighted by Gasteiger charge is -2.18. The van der Waals surface area contributed by atoms with Gasteiger partial charge in [-0.05, 0) is 128 Å². The van der Waals surface area contributed by atoms with Crippen LogP contribution in [0.1, 0.15) is 310 Å². The second kappa shape index (κ2) is 65.6. The van der Waals surface area contributed by atoms with Gasteiger partial charge >= 0.3 is 17.9 Å². The number of allylic oxidation sites excluding steroid dienone is 18. The van der Waals surface area contributed by atoms with Crippen LogP contribution < -0.4 is 0 Å². The molecule has 0 heterocycles. The molecule has 0 saturated heterocycles. The predicted octanol–water partition coefficient (Wildman–Crippen LogP) is 22.6. The second-order valence-electron chi connectivity index (χ2n) is 21.6. The molecule has 0 bridgehead atoms. The summed E-state index contributed by atoms with van der Waals surface area (Å²) < 4.78 is 16.9. The molecule has 0 N–H and O–H groups in total. The third-order valence-electron chi connectivity index (χ3n) is 14.0. The molecule has 78 heavy (non-hydrogen) atoms. The van der Waals surface area contributed by atoms with E-state index in [1.807, 2.05) is 0 Å². The van der Waals surface area contributed by atoms with Crippen molar-refractivity contribution >= 4 is 17.9 Å². The van der Waals surface area contributed by atoms with Crippen molar-refractivity contribution in [2.24, 2.45) is 0 Å². The molecule has 0 aliphatic rings. The number of rotatable bonds is 59. The number of carbonyl (C=O) groups excluding carboxylic acids is 3. The molecule has 6 nitrogen and oxygen atoms in total. The van der Waals surface area contributed by atoms with Crippen LogP contribution in [0.4, 0.5) is 0 Å². The normalized spacial score (nSPS) is 12.8.